The number of hydrogen-bond acceptors (Lipinski definition) is 3. The van der Waals surface area contributed by atoms with E-state index < -0.39 is 0 Å². The van der Waals surface area contributed by atoms with Crippen molar-refractivity contribution in [2.45, 2.75) is 19.4 Å². The molecule has 0 bridgehead atoms. The number of aromatic hydroxyl groups is 1. The summed E-state index contributed by atoms with van der Waals surface area (Å²) in [6.45, 7) is -0.227. The number of benzene rings is 2. The van der Waals surface area contributed by atoms with Crippen molar-refractivity contribution in [1.29, 1.82) is 0 Å². The van der Waals surface area contributed by atoms with Crippen LogP contribution in [0, 0.1) is 0 Å². The second kappa shape index (κ2) is 7.41. The van der Waals surface area contributed by atoms with Crippen LogP contribution in [0.2, 0.25) is 0 Å². The molecule has 0 saturated heterocycles. The summed E-state index contributed by atoms with van der Waals surface area (Å²) in [5, 5.41) is 18.6. The minimum atomic E-state index is -0.227. The van der Waals surface area contributed by atoms with Gasteiger partial charge in [0.2, 0.25) is 0 Å². The lowest BCUT2D eigenvalue weighted by Gasteiger charge is -2.02. The lowest BCUT2D eigenvalue weighted by molar-refractivity contribution is -0.114. The molecule has 108 valence electrons. The molecular weight excluding hydrogens is 264 g/mol. The van der Waals surface area contributed by atoms with Crippen molar-refractivity contribution in [1.82, 2.24) is 0 Å². The van der Waals surface area contributed by atoms with Crippen LogP contribution in [0.15, 0.2) is 54.6 Å². The Morgan fingerprint density at radius 1 is 1.10 bits per heavy atom. The monoisotopic (exact) mass is 282 g/mol. The fraction of sp³-hybridized carbons (Fsp3) is 0.167. The van der Waals surface area contributed by atoms with Crippen molar-refractivity contribution in [3.05, 3.63) is 71.3 Å². The molecule has 2 rings (SSSR count). The molecular formula is C18H18O3. The van der Waals surface area contributed by atoms with Gasteiger partial charge in [-0.2, -0.15) is 0 Å². The molecule has 0 amide bonds. The van der Waals surface area contributed by atoms with E-state index in [0.717, 1.165) is 17.5 Å². The predicted molar refractivity (Wildman–Crippen MR) is 82.8 cm³/mol. The zero-order valence-corrected chi connectivity index (χ0v) is 11.7. The van der Waals surface area contributed by atoms with E-state index in [-0.39, 0.29) is 18.1 Å². The van der Waals surface area contributed by atoms with Crippen LogP contribution >= 0.6 is 0 Å². The quantitative estimate of drug-likeness (QED) is 0.800. The Morgan fingerprint density at radius 2 is 1.86 bits per heavy atom. The number of aliphatic hydroxyl groups is 1. The average Bonchev–Trinajstić information content (AvgIpc) is 2.53. The number of allylic oxidation sites excluding steroid dienone is 1. The highest BCUT2D eigenvalue weighted by Gasteiger charge is 2.01. The molecule has 0 radical (unpaired) electrons. The highest BCUT2D eigenvalue weighted by Crippen LogP contribution is 2.19. The zero-order valence-electron chi connectivity index (χ0n) is 11.7. The van der Waals surface area contributed by atoms with E-state index >= 15 is 0 Å². The molecule has 0 spiro atoms. The molecule has 0 unspecified atom stereocenters. The zero-order chi connectivity index (χ0) is 15.1. The van der Waals surface area contributed by atoms with Gasteiger partial charge in [0, 0.05) is 12.0 Å². The third-order valence-corrected chi connectivity index (χ3v) is 3.24. The van der Waals surface area contributed by atoms with Crippen LogP contribution in [0.4, 0.5) is 0 Å². The number of rotatable bonds is 6. The molecule has 0 saturated carbocycles. The van der Waals surface area contributed by atoms with Crippen molar-refractivity contribution >= 4 is 11.9 Å². The summed E-state index contributed by atoms with van der Waals surface area (Å²) in [6.07, 6.45) is 4.43. The number of hydrogen-bond donors (Lipinski definition) is 2. The molecule has 0 aromatic heterocycles. The second-order valence-corrected chi connectivity index (χ2v) is 4.83. The Bertz CT molecular complexity index is 630. The third kappa shape index (κ3) is 4.58. The lowest BCUT2D eigenvalue weighted by Crippen LogP contribution is -1.95. The van der Waals surface area contributed by atoms with Crippen LogP contribution < -0.4 is 0 Å². The van der Waals surface area contributed by atoms with Gasteiger partial charge in [0.1, 0.15) is 5.75 Å². The molecule has 0 aliphatic carbocycles. The maximum absolute atomic E-state index is 11.8. The molecule has 2 aromatic rings. The minimum Gasteiger partial charge on any atom is -0.508 e. The Morgan fingerprint density at radius 3 is 2.57 bits per heavy atom. The second-order valence-electron chi connectivity index (χ2n) is 4.83. The summed E-state index contributed by atoms with van der Waals surface area (Å²) >= 11 is 0. The van der Waals surface area contributed by atoms with Crippen LogP contribution in [-0.4, -0.2) is 16.0 Å². The van der Waals surface area contributed by atoms with Gasteiger partial charge in [-0.1, -0.05) is 42.5 Å². The molecule has 0 heterocycles. The highest BCUT2D eigenvalue weighted by molar-refractivity contribution is 5.93. The number of carbonyl (C=O) groups is 1. The summed E-state index contributed by atoms with van der Waals surface area (Å²) in [5.41, 5.74) is 2.38. The average molecular weight is 282 g/mol. The fourth-order valence-electron chi connectivity index (χ4n) is 2.02. The van der Waals surface area contributed by atoms with E-state index in [1.165, 1.54) is 12.1 Å². The van der Waals surface area contributed by atoms with Gasteiger partial charge in [-0.05, 0) is 35.8 Å². The first kappa shape index (κ1) is 15.0. The van der Waals surface area contributed by atoms with E-state index in [0.29, 0.717) is 12.0 Å². The van der Waals surface area contributed by atoms with Gasteiger partial charge in [0.15, 0.2) is 5.78 Å². The Labute approximate surface area is 124 Å². The minimum absolute atomic E-state index is 0.0532. The van der Waals surface area contributed by atoms with Gasteiger partial charge in [0.25, 0.3) is 0 Å². The van der Waals surface area contributed by atoms with Crippen molar-refractivity contribution in [3.8, 4) is 5.75 Å². The first-order valence-corrected chi connectivity index (χ1v) is 6.86. The van der Waals surface area contributed by atoms with Gasteiger partial charge in [-0.3, -0.25) is 4.79 Å². The number of ketones is 1. The maximum atomic E-state index is 11.8. The van der Waals surface area contributed by atoms with E-state index in [4.69, 9.17) is 5.11 Å². The number of phenols is 1. The number of aryl methyl sites for hydroxylation is 1. The van der Waals surface area contributed by atoms with Crippen LogP contribution in [0.5, 0.6) is 5.75 Å². The Balaban J connectivity index is 1.93. The summed E-state index contributed by atoms with van der Waals surface area (Å²) in [7, 11) is 0. The van der Waals surface area contributed by atoms with Crippen molar-refractivity contribution in [2.24, 2.45) is 0 Å². The first-order chi connectivity index (χ1) is 10.2. The van der Waals surface area contributed by atoms with Gasteiger partial charge < -0.3 is 10.2 Å². The Hall–Kier alpha value is -2.39. The van der Waals surface area contributed by atoms with Crippen LogP contribution in [0.3, 0.4) is 0 Å². The summed E-state index contributed by atoms with van der Waals surface area (Å²) in [4.78, 5) is 11.8. The molecule has 0 atom stereocenters. The topological polar surface area (TPSA) is 57.5 Å². The molecule has 3 nitrogen and oxygen atoms in total. The van der Waals surface area contributed by atoms with Gasteiger partial charge in [-0.15, -0.1) is 0 Å². The maximum Gasteiger partial charge on any atom is 0.156 e. The molecule has 0 aliphatic rings. The summed E-state index contributed by atoms with van der Waals surface area (Å²) < 4.78 is 0. The fourth-order valence-corrected chi connectivity index (χ4v) is 2.02. The van der Waals surface area contributed by atoms with Crippen LogP contribution in [0.25, 0.3) is 6.08 Å². The SMILES string of the molecule is O=C(C=Cc1ccc(O)c(CO)c1)CCc1ccccc1. The van der Waals surface area contributed by atoms with Crippen molar-refractivity contribution in [3.63, 3.8) is 0 Å². The molecule has 2 aromatic carbocycles. The number of aliphatic hydroxyl groups excluding tert-OH is 1. The molecule has 0 aliphatic heterocycles. The normalized spacial score (nSPS) is 10.9. The molecule has 0 fully saturated rings. The Kier molecular flexibility index (Phi) is 5.29. The van der Waals surface area contributed by atoms with Gasteiger partial charge >= 0.3 is 0 Å². The smallest absolute Gasteiger partial charge is 0.156 e. The first-order valence-electron chi connectivity index (χ1n) is 6.86. The van der Waals surface area contributed by atoms with E-state index in [9.17, 15) is 9.90 Å². The van der Waals surface area contributed by atoms with Crippen LogP contribution in [-0.2, 0) is 17.8 Å². The molecule has 3 heteroatoms. The van der Waals surface area contributed by atoms with Gasteiger partial charge in [0.05, 0.1) is 6.61 Å². The van der Waals surface area contributed by atoms with E-state index in [2.05, 4.69) is 0 Å². The molecule has 21 heavy (non-hydrogen) atoms. The highest BCUT2D eigenvalue weighted by atomic mass is 16.3. The van der Waals surface area contributed by atoms with Crippen molar-refractivity contribution < 1.29 is 15.0 Å². The van der Waals surface area contributed by atoms with E-state index in [1.807, 2.05) is 30.3 Å². The van der Waals surface area contributed by atoms with Crippen molar-refractivity contribution in [2.75, 3.05) is 0 Å². The standard InChI is InChI=1S/C18H18O3/c19-13-16-12-15(8-11-18(16)21)7-10-17(20)9-6-14-4-2-1-3-5-14/h1-5,7-8,10-12,19,21H,6,9,13H2. The summed E-state index contributed by atoms with van der Waals surface area (Å²) in [6, 6.07) is 14.8. The van der Waals surface area contributed by atoms with E-state index in [1.54, 1.807) is 18.2 Å². The third-order valence-electron chi connectivity index (χ3n) is 3.24. The molecule has 2 N–H and O–H groups in total. The van der Waals surface area contributed by atoms with Gasteiger partial charge in [-0.25, -0.2) is 0 Å². The largest absolute Gasteiger partial charge is 0.508 e. The lowest BCUT2D eigenvalue weighted by atomic mass is 10.1. The number of carbonyl (C=O) groups excluding carboxylic acids is 1. The summed E-state index contributed by atoms with van der Waals surface area (Å²) in [5.74, 6) is 0.113. The predicted octanol–water partition coefficient (Wildman–Crippen LogP) is 3.10. The van der Waals surface area contributed by atoms with Crippen LogP contribution in [0.1, 0.15) is 23.1 Å².